The molecule has 2 aromatic carbocycles. The van der Waals surface area contributed by atoms with Gasteiger partial charge in [0.05, 0.1) is 24.9 Å². The van der Waals surface area contributed by atoms with Crippen LogP contribution in [0.5, 0.6) is 11.5 Å². The second-order valence-corrected chi connectivity index (χ2v) is 6.32. The first-order chi connectivity index (χ1) is 12.1. The maximum Gasteiger partial charge on any atom is 0.255 e. The molecule has 0 radical (unpaired) electrons. The number of benzene rings is 2. The minimum absolute atomic E-state index is 0.248. The molecule has 3 rings (SSSR count). The summed E-state index contributed by atoms with van der Waals surface area (Å²) in [5.74, 6) is 0.876. The average Bonchev–Trinajstić information content (AvgIpc) is 3.15. The molecular weight excluding hydrogens is 340 g/mol. The summed E-state index contributed by atoms with van der Waals surface area (Å²) in [6.45, 7) is 2.05. The van der Waals surface area contributed by atoms with Crippen LogP contribution < -0.4 is 19.7 Å². The first-order valence-corrected chi connectivity index (χ1v) is 8.57. The zero-order valence-electron chi connectivity index (χ0n) is 14.3. The standard InChI is InChI=1S/C19H21ClN2O3/c1-24-15-9-13(10-16(12-15)25-2)19(23)21-14-5-6-18(17(20)11-14)22-7-3-4-8-22/h5-6,9-12H,3-4,7-8H2,1-2H3,(H,21,23). The second kappa shape index (κ2) is 7.66. The van der Waals surface area contributed by atoms with E-state index in [1.807, 2.05) is 12.1 Å². The molecule has 0 unspecified atom stereocenters. The molecule has 1 saturated heterocycles. The molecule has 1 aliphatic rings. The Morgan fingerprint density at radius 1 is 1.04 bits per heavy atom. The van der Waals surface area contributed by atoms with Crippen molar-refractivity contribution in [3.8, 4) is 11.5 Å². The van der Waals surface area contributed by atoms with E-state index in [4.69, 9.17) is 21.1 Å². The third-order valence-electron chi connectivity index (χ3n) is 4.27. The molecule has 1 heterocycles. The third-order valence-corrected chi connectivity index (χ3v) is 4.57. The van der Waals surface area contributed by atoms with Crippen molar-refractivity contribution >= 4 is 28.9 Å². The number of amides is 1. The molecule has 25 heavy (non-hydrogen) atoms. The Morgan fingerprint density at radius 2 is 1.68 bits per heavy atom. The molecule has 5 nitrogen and oxygen atoms in total. The highest BCUT2D eigenvalue weighted by atomic mass is 35.5. The van der Waals surface area contributed by atoms with Gasteiger partial charge in [0, 0.05) is 30.4 Å². The number of hydrogen-bond donors (Lipinski definition) is 1. The van der Waals surface area contributed by atoms with E-state index in [1.54, 1.807) is 38.5 Å². The lowest BCUT2D eigenvalue weighted by molar-refractivity contribution is 0.102. The monoisotopic (exact) mass is 360 g/mol. The van der Waals surface area contributed by atoms with Crippen molar-refractivity contribution in [3.05, 3.63) is 47.0 Å². The van der Waals surface area contributed by atoms with Crippen LogP contribution >= 0.6 is 11.6 Å². The maximum absolute atomic E-state index is 12.5. The van der Waals surface area contributed by atoms with Crippen LogP contribution in [0.25, 0.3) is 0 Å². The van der Waals surface area contributed by atoms with Crippen LogP contribution in [0.2, 0.25) is 5.02 Å². The molecule has 0 spiro atoms. The summed E-state index contributed by atoms with van der Waals surface area (Å²) >= 11 is 6.40. The summed E-state index contributed by atoms with van der Waals surface area (Å²) in [6.07, 6.45) is 2.37. The topological polar surface area (TPSA) is 50.8 Å². The fraction of sp³-hybridized carbons (Fsp3) is 0.316. The average molecular weight is 361 g/mol. The fourth-order valence-electron chi connectivity index (χ4n) is 2.94. The van der Waals surface area contributed by atoms with Gasteiger partial charge in [0.2, 0.25) is 0 Å². The zero-order valence-corrected chi connectivity index (χ0v) is 15.1. The van der Waals surface area contributed by atoms with Crippen molar-refractivity contribution in [2.24, 2.45) is 0 Å². The number of carbonyl (C=O) groups excluding carboxylic acids is 1. The summed E-state index contributed by atoms with van der Waals surface area (Å²) in [4.78, 5) is 14.8. The van der Waals surface area contributed by atoms with E-state index in [2.05, 4.69) is 10.2 Å². The van der Waals surface area contributed by atoms with E-state index in [0.717, 1.165) is 18.8 Å². The number of carbonyl (C=O) groups is 1. The van der Waals surface area contributed by atoms with Crippen molar-refractivity contribution in [1.82, 2.24) is 0 Å². The molecule has 1 N–H and O–H groups in total. The van der Waals surface area contributed by atoms with Gasteiger partial charge in [-0.15, -0.1) is 0 Å². The van der Waals surface area contributed by atoms with Crippen LogP contribution in [0.15, 0.2) is 36.4 Å². The van der Waals surface area contributed by atoms with Crippen LogP contribution in [0.4, 0.5) is 11.4 Å². The van der Waals surface area contributed by atoms with E-state index in [9.17, 15) is 4.79 Å². The molecule has 1 amide bonds. The summed E-state index contributed by atoms with van der Waals surface area (Å²) in [5, 5.41) is 3.51. The number of anilines is 2. The van der Waals surface area contributed by atoms with Crippen molar-refractivity contribution in [2.75, 3.05) is 37.5 Å². The minimum atomic E-state index is -0.248. The van der Waals surface area contributed by atoms with E-state index in [1.165, 1.54) is 12.8 Å². The number of nitrogens with zero attached hydrogens (tertiary/aromatic N) is 1. The van der Waals surface area contributed by atoms with Gasteiger partial charge in [-0.05, 0) is 43.2 Å². The Morgan fingerprint density at radius 3 is 2.24 bits per heavy atom. The van der Waals surface area contributed by atoms with Crippen LogP contribution in [-0.2, 0) is 0 Å². The summed E-state index contributed by atoms with van der Waals surface area (Å²) in [6, 6.07) is 10.7. The van der Waals surface area contributed by atoms with Crippen molar-refractivity contribution in [1.29, 1.82) is 0 Å². The van der Waals surface area contributed by atoms with Gasteiger partial charge in [0.15, 0.2) is 0 Å². The Balaban J connectivity index is 1.78. The van der Waals surface area contributed by atoms with Gasteiger partial charge in [-0.2, -0.15) is 0 Å². The van der Waals surface area contributed by atoms with E-state index < -0.39 is 0 Å². The molecule has 0 aromatic heterocycles. The van der Waals surface area contributed by atoms with Gasteiger partial charge < -0.3 is 19.7 Å². The Hall–Kier alpha value is -2.40. The molecular formula is C19H21ClN2O3. The van der Waals surface area contributed by atoms with E-state index in [0.29, 0.717) is 27.8 Å². The minimum Gasteiger partial charge on any atom is -0.497 e. The first-order valence-electron chi connectivity index (χ1n) is 8.19. The van der Waals surface area contributed by atoms with Gasteiger partial charge in [0.1, 0.15) is 11.5 Å². The number of methoxy groups -OCH3 is 2. The predicted molar refractivity (Wildman–Crippen MR) is 100 cm³/mol. The number of rotatable bonds is 5. The SMILES string of the molecule is COc1cc(OC)cc(C(=O)Nc2ccc(N3CCCC3)c(Cl)c2)c1. The lowest BCUT2D eigenvalue weighted by Crippen LogP contribution is -2.18. The van der Waals surface area contributed by atoms with Gasteiger partial charge in [-0.25, -0.2) is 0 Å². The molecule has 0 saturated carbocycles. The van der Waals surface area contributed by atoms with Gasteiger partial charge in [0.25, 0.3) is 5.91 Å². The lowest BCUT2D eigenvalue weighted by atomic mass is 10.1. The molecule has 0 aliphatic carbocycles. The summed E-state index contributed by atoms with van der Waals surface area (Å²) in [5.41, 5.74) is 2.12. The molecule has 6 heteroatoms. The number of nitrogens with one attached hydrogen (secondary N) is 1. The van der Waals surface area contributed by atoms with Crippen LogP contribution in [0, 0.1) is 0 Å². The number of halogens is 1. The molecule has 1 aliphatic heterocycles. The van der Waals surface area contributed by atoms with Gasteiger partial charge in [-0.3, -0.25) is 4.79 Å². The molecule has 2 aromatic rings. The second-order valence-electron chi connectivity index (χ2n) is 5.92. The Labute approximate surface area is 152 Å². The van der Waals surface area contributed by atoms with Crippen molar-refractivity contribution in [3.63, 3.8) is 0 Å². The normalized spacial score (nSPS) is 13.6. The van der Waals surface area contributed by atoms with Crippen LogP contribution in [0.3, 0.4) is 0 Å². The highest BCUT2D eigenvalue weighted by Crippen LogP contribution is 2.31. The Kier molecular flexibility index (Phi) is 5.34. The van der Waals surface area contributed by atoms with E-state index in [-0.39, 0.29) is 5.91 Å². The Bertz CT molecular complexity index is 751. The van der Waals surface area contributed by atoms with Gasteiger partial charge >= 0.3 is 0 Å². The number of hydrogen-bond acceptors (Lipinski definition) is 4. The van der Waals surface area contributed by atoms with Gasteiger partial charge in [-0.1, -0.05) is 11.6 Å². The van der Waals surface area contributed by atoms with Crippen molar-refractivity contribution in [2.45, 2.75) is 12.8 Å². The lowest BCUT2D eigenvalue weighted by Gasteiger charge is -2.19. The highest BCUT2D eigenvalue weighted by molar-refractivity contribution is 6.33. The first kappa shape index (κ1) is 17.4. The molecule has 0 bridgehead atoms. The highest BCUT2D eigenvalue weighted by Gasteiger charge is 2.16. The van der Waals surface area contributed by atoms with Crippen LogP contribution in [-0.4, -0.2) is 33.2 Å². The summed E-state index contributed by atoms with van der Waals surface area (Å²) in [7, 11) is 3.10. The molecule has 132 valence electrons. The third kappa shape index (κ3) is 3.99. The van der Waals surface area contributed by atoms with E-state index >= 15 is 0 Å². The summed E-state index contributed by atoms with van der Waals surface area (Å²) < 4.78 is 10.4. The number of ether oxygens (including phenoxy) is 2. The molecule has 1 fully saturated rings. The quantitative estimate of drug-likeness (QED) is 0.867. The smallest absolute Gasteiger partial charge is 0.255 e. The maximum atomic E-state index is 12.5. The molecule has 0 atom stereocenters. The zero-order chi connectivity index (χ0) is 17.8. The predicted octanol–water partition coefficient (Wildman–Crippen LogP) is 4.21. The fourth-order valence-corrected chi connectivity index (χ4v) is 3.24. The van der Waals surface area contributed by atoms with Crippen LogP contribution in [0.1, 0.15) is 23.2 Å². The largest absolute Gasteiger partial charge is 0.497 e. The van der Waals surface area contributed by atoms with Crippen molar-refractivity contribution < 1.29 is 14.3 Å².